The SMILES string of the molecule is O=C(Nc1cnn(Cc2ccc(F)cc2Cl)c1)c1c(F)cccc1F. The van der Waals surface area contributed by atoms with Crippen molar-refractivity contribution in [3.8, 4) is 0 Å². The zero-order valence-electron chi connectivity index (χ0n) is 12.6. The molecule has 4 nitrogen and oxygen atoms in total. The molecule has 1 amide bonds. The number of rotatable bonds is 4. The monoisotopic (exact) mass is 365 g/mol. The van der Waals surface area contributed by atoms with Crippen molar-refractivity contribution in [3.63, 3.8) is 0 Å². The summed E-state index contributed by atoms with van der Waals surface area (Å²) in [4.78, 5) is 12.0. The van der Waals surface area contributed by atoms with Crippen molar-refractivity contribution in [2.45, 2.75) is 6.54 Å². The highest BCUT2D eigenvalue weighted by atomic mass is 35.5. The fourth-order valence-corrected chi connectivity index (χ4v) is 2.47. The minimum Gasteiger partial charge on any atom is -0.319 e. The minimum atomic E-state index is -0.956. The van der Waals surface area contributed by atoms with Gasteiger partial charge in [0, 0.05) is 11.2 Å². The smallest absolute Gasteiger partial charge is 0.261 e. The summed E-state index contributed by atoms with van der Waals surface area (Å²) in [7, 11) is 0. The van der Waals surface area contributed by atoms with Gasteiger partial charge in [0.05, 0.1) is 18.4 Å². The van der Waals surface area contributed by atoms with Crippen LogP contribution in [-0.4, -0.2) is 15.7 Å². The highest BCUT2D eigenvalue weighted by molar-refractivity contribution is 6.31. The molecule has 0 atom stereocenters. The third-order valence-electron chi connectivity index (χ3n) is 3.43. The number of carbonyl (C=O) groups is 1. The number of anilines is 1. The van der Waals surface area contributed by atoms with Gasteiger partial charge in [0.15, 0.2) is 0 Å². The van der Waals surface area contributed by atoms with Crippen molar-refractivity contribution < 1.29 is 18.0 Å². The molecule has 0 fully saturated rings. The second-order valence-corrected chi connectivity index (χ2v) is 5.62. The molecule has 0 unspecified atom stereocenters. The lowest BCUT2D eigenvalue weighted by Gasteiger charge is -2.05. The van der Waals surface area contributed by atoms with Gasteiger partial charge >= 0.3 is 0 Å². The van der Waals surface area contributed by atoms with Crippen LogP contribution in [0.25, 0.3) is 0 Å². The van der Waals surface area contributed by atoms with Crippen LogP contribution in [0, 0.1) is 17.5 Å². The number of aromatic nitrogens is 2. The zero-order valence-corrected chi connectivity index (χ0v) is 13.4. The molecule has 3 rings (SSSR count). The summed E-state index contributed by atoms with van der Waals surface area (Å²) in [5, 5.41) is 6.65. The average molecular weight is 366 g/mol. The van der Waals surface area contributed by atoms with Crippen LogP contribution < -0.4 is 5.32 Å². The molecular formula is C17H11ClF3N3O. The van der Waals surface area contributed by atoms with Crippen LogP contribution in [0.5, 0.6) is 0 Å². The minimum absolute atomic E-state index is 0.239. The first-order valence-electron chi connectivity index (χ1n) is 7.16. The molecule has 0 saturated heterocycles. The first kappa shape index (κ1) is 17.0. The second-order valence-electron chi connectivity index (χ2n) is 5.21. The molecule has 0 spiro atoms. The molecule has 1 heterocycles. The topological polar surface area (TPSA) is 46.9 Å². The molecule has 128 valence electrons. The highest BCUT2D eigenvalue weighted by Crippen LogP contribution is 2.19. The van der Waals surface area contributed by atoms with Crippen molar-refractivity contribution in [3.05, 3.63) is 82.4 Å². The molecule has 0 aliphatic heterocycles. The Labute approximate surface area is 145 Å². The van der Waals surface area contributed by atoms with Crippen molar-refractivity contribution in [2.75, 3.05) is 5.32 Å². The Balaban J connectivity index is 1.74. The predicted octanol–water partition coefficient (Wildman–Crippen LogP) is 4.25. The Morgan fingerprint density at radius 3 is 2.56 bits per heavy atom. The molecule has 25 heavy (non-hydrogen) atoms. The molecule has 0 bridgehead atoms. The fraction of sp³-hybridized carbons (Fsp3) is 0.0588. The van der Waals surface area contributed by atoms with Gasteiger partial charge in [0.1, 0.15) is 23.0 Å². The molecule has 0 aliphatic rings. The summed E-state index contributed by atoms with van der Waals surface area (Å²) in [5.41, 5.74) is 0.215. The van der Waals surface area contributed by atoms with E-state index < -0.39 is 28.9 Å². The number of carbonyl (C=O) groups excluding carboxylic acids is 1. The first-order valence-corrected chi connectivity index (χ1v) is 7.53. The lowest BCUT2D eigenvalue weighted by atomic mass is 10.2. The molecular weight excluding hydrogens is 355 g/mol. The molecule has 0 radical (unpaired) electrons. The van der Waals surface area contributed by atoms with Gasteiger partial charge in [-0.05, 0) is 29.8 Å². The number of hydrogen-bond donors (Lipinski definition) is 1. The number of nitrogens with one attached hydrogen (secondary N) is 1. The van der Waals surface area contributed by atoms with Crippen LogP contribution in [-0.2, 0) is 6.54 Å². The van der Waals surface area contributed by atoms with Crippen LogP contribution in [0.4, 0.5) is 18.9 Å². The summed E-state index contributed by atoms with van der Waals surface area (Å²) in [6.45, 7) is 0.239. The maximum Gasteiger partial charge on any atom is 0.261 e. The van der Waals surface area contributed by atoms with Crippen molar-refractivity contribution in [2.24, 2.45) is 0 Å². The van der Waals surface area contributed by atoms with Gasteiger partial charge in [-0.25, -0.2) is 13.2 Å². The first-order chi connectivity index (χ1) is 11.9. The Bertz CT molecular complexity index is 922. The van der Waals surface area contributed by atoms with Gasteiger partial charge in [0.25, 0.3) is 5.91 Å². The van der Waals surface area contributed by atoms with E-state index in [-0.39, 0.29) is 17.3 Å². The lowest BCUT2D eigenvalue weighted by Crippen LogP contribution is -2.15. The van der Waals surface area contributed by atoms with Crippen LogP contribution in [0.1, 0.15) is 15.9 Å². The second kappa shape index (κ2) is 6.98. The Morgan fingerprint density at radius 1 is 1.16 bits per heavy atom. The molecule has 1 N–H and O–H groups in total. The standard InChI is InChI=1S/C17H11ClF3N3O/c18-13-6-11(19)5-4-10(13)8-24-9-12(7-22-24)23-17(25)16-14(20)2-1-3-15(16)21/h1-7,9H,8H2,(H,23,25). The molecule has 0 aliphatic carbocycles. The van der Waals surface area contributed by atoms with Crippen LogP contribution in [0.2, 0.25) is 5.02 Å². The van der Waals surface area contributed by atoms with Crippen molar-refractivity contribution in [1.29, 1.82) is 0 Å². The third kappa shape index (κ3) is 3.83. The number of benzene rings is 2. The normalized spacial score (nSPS) is 10.7. The van der Waals surface area contributed by atoms with Crippen LogP contribution >= 0.6 is 11.6 Å². The Hall–Kier alpha value is -2.80. The highest BCUT2D eigenvalue weighted by Gasteiger charge is 2.17. The van der Waals surface area contributed by atoms with E-state index in [1.54, 1.807) is 0 Å². The third-order valence-corrected chi connectivity index (χ3v) is 3.78. The lowest BCUT2D eigenvalue weighted by molar-refractivity contribution is 0.101. The maximum atomic E-state index is 13.6. The number of amides is 1. The Kier molecular flexibility index (Phi) is 4.76. The van der Waals surface area contributed by atoms with E-state index in [9.17, 15) is 18.0 Å². The van der Waals surface area contributed by atoms with E-state index >= 15 is 0 Å². The summed E-state index contributed by atoms with van der Waals surface area (Å²) in [6.07, 6.45) is 2.80. The van der Waals surface area contributed by atoms with E-state index in [0.717, 1.165) is 12.1 Å². The molecule has 1 aromatic heterocycles. The van der Waals surface area contributed by atoms with E-state index in [4.69, 9.17) is 11.6 Å². The Morgan fingerprint density at radius 2 is 1.88 bits per heavy atom. The van der Waals surface area contributed by atoms with E-state index in [1.165, 1.54) is 41.3 Å². The summed E-state index contributed by atoms with van der Waals surface area (Å²) >= 11 is 5.95. The number of hydrogen-bond acceptors (Lipinski definition) is 2. The quantitative estimate of drug-likeness (QED) is 0.751. The van der Waals surface area contributed by atoms with E-state index in [2.05, 4.69) is 10.4 Å². The van der Waals surface area contributed by atoms with Gasteiger partial charge < -0.3 is 5.32 Å². The molecule has 0 saturated carbocycles. The van der Waals surface area contributed by atoms with Crippen LogP contribution in [0.15, 0.2) is 48.8 Å². The van der Waals surface area contributed by atoms with Crippen molar-refractivity contribution in [1.82, 2.24) is 9.78 Å². The average Bonchev–Trinajstić information content (AvgIpc) is 2.97. The van der Waals surface area contributed by atoms with Gasteiger partial charge in [-0.1, -0.05) is 23.7 Å². The maximum absolute atomic E-state index is 13.6. The van der Waals surface area contributed by atoms with Gasteiger partial charge in [-0.3, -0.25) is 9.48 Å². The van der Waals surface area contributed by atoms with E-state index in [0.29, 0.717) is 5.56 Å². The molecule has 2 aromatic carbocycles. The largest absolute Gasteiger partial charge is 0.319 e. The van der Waals surface area contributed by atoms with E-state index in [1.807, 2.05) is 0 Å². The number of nitrogens with zero attached hydrogens (tertiary/aromatic N) is 2. The van der Waals surface area contributed by atoms with Gasteiger partial charge in [-0.2, -0.15) is 5.10 Å². The predicted molar refractivity (Wildman–Crippen MR) is 87.1 cm³/mol. The summed E-state index contributed by atoms with van der Waals surface area (Å²) < 4.78 is 41.7. The fourth-order valence-electron chi connectivity index (χ4n) is 2.25. The summed E-state index contributed by atoms with van der Waals surface area (Å²) in [5.74, 6) is -3.28. The van der Waals surface area contributed by atoms with Gasteiger partial charge in [0.2, 0.25) is 0 Å². The van der Waals surface area contributed by atoms with Crippen molar-refractivity contribution >= 4 is 23.2 Å². The zero-order chi connectivity index (χ0) is 18.0. The number of halogens is 4. The molecule has 8 heteroatoms. The van der Waals surface area contributed by atoms with Gasteiger partial charge in [-0.15, -0.1) is 0 Å². The molecule has 3 aromatic rings. The van der Waals surface area contributed by atoms with Crippen LogP contribution in [0.3, 0.4) is 0 Å². The summed E-state index contributed by atoms with van der Waals surface area (Å²) in [6, 6.07) is 7.15.